The van der Waals surface area contributed by atoms with Crippen molar-refractivity contribution in [3.63, 3.8) is 0 Å². The van der Waals surface area contributed by atoms with Gasteiger partial charge in [0.05, 0.1) is 13.0 Å². The number of amides is 1. The normalized spacial score (nSPS) is 22.4. The second-order valence-electron chi connectivity index (χ2n) is 4.92. The van der Waals surface area contributed by atoms with E-state index in [1.54, 1.807) is 7.11 Å². The maximum absolute atomic E-state index is 12.3. The molecular formula is C14H17NO2. The van der Waals surface area contributed by atoms with Gasteiger partial charge in [0.2, 0.25) is 5.91 Å². The number of hydrogen-bond donors (Lipinski definition) is 0. The Bertz CT molecular complexity index is 481. The van der Waals surface area contributed by atoms with Crippen molar-refractivity contribution in [3.8, 4) is 5.75 Å². The van der Waals surface area contributed by atoms with E-state index < -0.39 is 0 Å². The highest BCUT2D eigenvalue weighted by molar-refractivity contribution is 5.86. The lowest BCUT2D eigenvalue weighted by Gasteiger charge is -2.17. The average Bonchev–Trinajstić information content (AvgIpc) is 2.73. The van der Waals surface area contributed by atoms with Crippen molar-refractivity contribution in [2.75, 3.05) is 20.7 Å². The molecule has 3 rings (SSSR count). The first-order valence-electron chi connectivity index (χ1n) is 6.16. The van der Waals surface area contributed by atoms with Gasteiger partial charge in [0.1, 0.15) is 5.75 Å². The van der Waals surface area contributed by atoms with Gasteiger partial charge in [-0.3, -0.25) is 4.79 Å². The average molecular weight is 231 g/mol. The maximum atomic E-state index is 12.3. The topological polar surface area (TPSA) is 29.5 Å². The molecule has 0 aromatic heterocycles. The fourth-order valence-corrected chi connectivity index (χ4v) is 3.14. The van der Waals surface area contributed by atoms with Gasteiger partial charge in [0, 0.05) is 19.2 Å². The predicted octanol–water partition coefficient (Wildman–Crippen LogP) is 1.74. The first-order chi connectivity index (χ1) is 8.22. The SMILES string of the molecule is COc1ccc2c3c1CCN(C)C(=O)C3CC2. The van der Waals surface area contributed by atoms with E-state index in [0.29, 0.717) is 0 Å². The van der Waals surface area contributed by atoms with Gasteiger partial charge in [0.25, 0.3) is 0 Å². The second kappa shape index (κ2) is 3.76. The lowest BCUT2D eigenvalue weighted by molar-refractivity contribution is -0.131. The first-order valence-corrected chi connectivity index (χ1v) is 6.16. The summed E-state index contributed by atoms with van der Waals surface area (Å²) in [7, 11) is 3.61. The number of rotatable bonds is 1. The van der Waals surface area contributed by atoms with Crippen molar-refractivity contribution >= 4 is 5.91 Å². The number of hydrogen-bond acceptors (Lipinski definition) is 2. The van der Waals surface area contributed by atoms with E-state index in [2.05, 4.69) is 6.07 Å². The molecule has 0 bridgehead atoms. The largest absolute Gasteiger partial charge is 0.496 e. The zero-order chi connectivity index (χ0) is 12.0. The Hall–Kier alpha value is -1.51. The minimum absolute atomic E-state index is 0.0719. The summed E-state index contributed by atoms with van der Waals surface area (Å²) in [5, 5.41) is 0. The molecular weight excluding hydrogens is 214 g/mol. The Kier molecular flexibility index (Phi) is 2.35. The Morgan fingerprint density at radius 3 is 2.94 bits per heavy atom. The van der Waals surface area contributed by atoms with Crippen LogP contribution in [0.1, 0.15) is 29.0 Å². The number of methoxy groups -OCH3 is 1. The summed E-state index contributed by atoms with van der Waals surface area (Å²) >= 11 is 0. The van der Waals surface area contributed by atoms with Crippen LogP contribution in [0.4, 0.5) is 0 Å². The lowest BCUT2D eigenvalue weighted by Crippen LogP contribution is -2.30. The standard InChI is InChI=1S/C14H17NO2/c1-15-8-7-10-12(17-2)6-4-9-3-5-11(13(9)10)14(15)16/h4,6,11H,3,5,7-8H2,1-2H3. The van der Waals surface area contributed by atoms with Gasteiger partial charge in [-0.05, 0) is 36.5 Å². The lowest BCUT2D eigenvalue weighted by atomic mass is 9.94. The van der Waals surface area contributed by atoms with Crippen molar-refractivity contribution in [1.82, 2.24) is 4.90 Å². The fourth-order valence-electron chi connectivity index (χ4n) is 3.14. The zero-order valence-corrected chi connectivity index (χ0v) is 10.3. The molecule has 1 amide bonds. The van der Waals surface area contributed by atoms with Crippen LogP contribution in [0, 0.1) is 0 Å². The Morgan fingerprint density at radius 1 is 1.35 bits per heavy atom. The highest BCUT2D eigenvalue weighted by atomic mass is 16.5. The van der Waals surface area contributed by atoms with E-state index in [9.17, 15) is 4.79 Å². The van der Waals surface area contributed by atoms with E-state index in [1.807, 2.05) is 18.0 Å². The maximum Gasteiger partial charge on any atom is 0.229 e. The third kappa shape index (κ3) is 1.45. The van der Waals surface area contributed by atoms with Crippen LogP contribution in [-0.2, 0) is 17.6 Å². The van der Waals surface area contributed by atoms with Crippen LogP contribution < -0.4 is 4.74 Å². The molecule has 1 aliphatic carbocycles. The number of aryl methyl sites for hydroxylation is 1. The molecule has 0 radical (unpaired) electrons. The summed E-state index contributed by atoms with van der Waals surface area (Å²) in [5.41, 5.74) is 3.86. The van der Waals surface area contributed by atoms with Gasteiger partial charge in [0.15, 0.2) is 0 Å². The smallest absolute Gasteiger partial charge is 0.229 e. The van der Waals surface area contributed by atoms with Gasteiger partial charge < -0.3 is 9.64 Å². The molecule has 0 saturated carbocycles. The molecule has 3 nitrogen and oxygen atoms in total. The van der Waals surface area contributed by atoms with Crippen molar-refractivity contribution < 1.29 is 9.53 Å². The molecule has 0 saturated heterocycles. The molecule has 0 N–H and O–H groups in total. The van der Waals surface area contributed by atoms with Crippen LogP contribution in [-0.4, -0.2) is 31.5 Å². The van der Waals surface area contributed by atoms with Gasteiger partial charge >= 0.3 is 0 Å². The highest BCUT2D eigenvalue weighted by Crippen LogP contribution is 2.42. The van der Waals surface area contributed by atoms with E-state index >= 15 is 0 Å². The van der Waals surface area contributed by atoms with Crippen molar-refractivity contribution in [3.05, 3.63) is 28.8 Å². The quantitative estimate of drug-likeness (QED) is 0.736. The van der Waals surface area contributed by atoms with Crippen LogP contribution in [0.3, 0.4) is 0 Å². The molecule has 3 heteroatoms. The number of carbonyl (C=O) groups excluding carboxylic acids is 1. The summed E-state index contributed by atoms with van der Waals surface area (Å²) in [6.45, 7) is 0.794. The third-order valence-electron chi connectivity index (χ3n) is 4.05. The monoisotopic (exact) mass is 231 g/mol. The Morgan fingerprint density at radius 2 is 2.18 bits per heavy atom. The van der Waals surface area contributed by atoms with E-state index in [-0.39, 0.29) is 11.8 Å². The Balaban J connectivity index is 2.19. The minimum Gasteiger partial charge on any atom is -0.496 e. The van der Waals surface area contributed by atoms with Gasteiger partial charge in [-0.25, -0.2) is 0 Å². The molecule has 1 atom stereocenters. The molecule has 1 aliphatic heterocycles. The Labute approximate surface area is 101 Å². The van der Waals surface area contributed by atoms with Crippen LogP contribution >= 0.6 is 0 Å². The molecule has 2 aliphatic rings. The number of likely N-dealkylation sites (N-methyl/N-ethyl adjacent to an activating group) is 1. The molecule has 90 valence electrons. The van der Waals surface area contributed by atoms with E-state index in [4.69, 9.17) is 4.74 Å². The third-order valence-corrected chi connectivity index (χ3v) is 4.05. The number of benzene rings is 1. The number of ether oxygens (including phenoxy) is 1. The fraction of sp³-hybridized carbons (Fsp3) is 0.500. The summed E-state index contributed by atoms with van der Waals surface area (Å²) in [6.07, 6.45) is 2.89. The van der Waals surface area contributed by atoms with Crippen LogP contribution in [0.25, 0.3) is 0 Å². The van der Waals surface area contributed by atoms with Crippen LogP contribution in [0.15, 0.2) is 12.1 Å². The molecule has 1 heterocycles. The van der Waals surface area contributed by atoms with Crippen molar-refractivity contribution in [2.45, 2.75) is 25.2 Å². The first kappa shape index (κ1) is 10.6. The minimum atomic E-state index is 0.0719. The predicted molar refractivity (Wildman–Crippen MR) is 65.4 cm³/mol. The van der Waals surface area contributed by atoms with Crippen molar-refractivity contribution in [1.29, 1.82) is 0 Å². The summed E-state index contributed by atoms with van der Waals surface area (Å²) in [6, 6.07) is 4.17. The van der Waals surface area contributed by atoms with Gasteiger partial charge in [-0.15, -0.1) is 0 Å². The summed E-state index contributed by atoms with van der Waals surface area (Å²) < 4.78 is 5.44. The van der Waals surface area contributed by atoms with Gasteiger partial charge in [-0.2, -0.15) is 0 Å². The molecule has 17 heavy (non-hydrogen) atoms. The van der Waals surface area contributed by atoms with Gasteiger partial charge in [-0.1, -0.05) is 6.07 Å². The molecule has 0 spiro atoms. The van der Waals surface area contributed by atoms with Crippen molar-refractivity contribution in [2.24, 2.45) is 0 Å². The summed E-state index contributed by atoms with van der Waals surface area (Å²) in [5.74, 6) is 1.29. The van der Waals surface area contributed by atoms with E-state index in [0.717, 1.165) is 31.6 Å². The zero-order valence-electron chi connectivity index (χ0n) is 10.3. The molecule has 1 aromatic carbocycles. The van der Waals surface area contributed by atoms with E-state index in [1.165, 1.54) is 16.7 Å². The second-order valence-corrected chi connectivity index (χ2v) is 4.92. The van der Waals surface area contributed by atoms with Crippen LogP contribution in [0.2, 0.25) is 0 Å². The number of nitrogens with zero attached hydrogens (tertiary/aromatic N) is 1. The molecule has 0 fully saturated rings. The number of carbonyl (C=O) groups is 1. The summed E-state index contributed by atoms with van der Waals surface area (Å²) in [4.78, 5) is 14.1. The molecule has 1 aromatic rings. The molecule has 1 unspecified atom stereocenters. The highest BCUT2D eigenvalue weighted by Gasteiger charge is 2.36. The van der Waals surface area contributed by atoms with Crippen LogP contribution in [0.5, 0.6) is 5.75 Å².